The highest BCUT2D eigenvalue weighted by Crippen LogP contribution is 2.41. The molecule has 8 heteroatoms. The van der Waals surface area contributed by atoms with Gasteiger partial charge in [-0.2, -0.15) is 13.2 Å². The maximum absolute atomic E-state index is 12.6. The van der Waals surface area contributed by atoms with Crippen LogP contribution in [0, 0.1) is 12.3 Å². The molecule has 2 aromatic rings. The first-order valence-electron chi connectivity index (χ1n) is 8.07. The lowest BCUT2D eigenvalue weighted by atomic mass is 9.70. The number of benzene rings is 1. The second-order valence-electron chi connectivity index (χ2n) is 6.74. The van der Waals surface area contributed by atoms with Crippen LogP contribution >= 0.6 is 0 Å². The minimum atomic E-state index is -4.35. The third kappa shape index (κ3) is 3.52. The van der Waals surface area contributed by atoms with Gasteiger partial charge in [-0.15, -0.1) is 5.10 Å². The molecule has 1 aromatic heterocycles. The molecule has 0 unspecified atom stereocenters. The molecule has 1 fully saturated rings. The number of nitrogens with zero attached hydrogens (tertiary/aromatic N) is 3. The number of rotatable bonds is 4. The Kier molecular flexibility index (Phi) is 4.30. The predicted octanol–water partition coefficient (Wildman–Crippen LogP) is 3.78. The van der Waals surface area contributed by atoms with E-state index in [0.29, 0.717) is 17.1 Å². The number of nitrogens with one attached hydrogen (secondary N) is 1. The number of carbonyl (C=O) groups is 1. The van der Waals surface area contributed by atoms with Gasteiger partial charge in [0.15, 0.2) is 5.82 Å². The highest BCUT2D eigenvalue weighted by molar-refractivity contribution is 5.95. The highest BCUT2D eigenvalue weighted by Gasteiger charge is 2.39. The van der Waals surface area contributed by atoms with E-state index >= 15 is 0 Å². The average Bonchev–Trinajstić information content (AvgIpc) is 2.85. The molecule has 0 bridgehead atoms. The molecule has 25 heavy (non-hydrogen) atoms. The molecule has 1 aromatic carbocycles. The van der Waals surface area contributed by atoms with E-state index in [1.165, 1.54) is 12.1 Å². The van der Waals surface area contributed by atoms with Gasteiger partial charge in [0.05, 0.1) is 17.8 Å². The van der Waals surface area contributed by atoms with Crippen molar-refractivity contribution in [3.63, 3.8) is 0 Å². The number of amides is 1. The van der Waals surface area contributed by atoms with Crippen molar-refractivity contribution in [2.75, 3.05) is 5.32 Å². The number of alkyl halides is 3. The average molecular weight is 352 g/mol. The van der Waals surface area contributed by atoms with Gasteiger partial charge in [-0.25, -0.2) is 4.68 Å². The quantitative estimate of drug-likeness (QED) is 0.911. The second kappa shape index (κ2) is 6.16. The van der Waals surface area contributed by atoms with Crippen molar-refractivity contribution in [3.8, 4) is 0 Å². The van der Waals surface area contributed by atoms with Crippen LogP contribution < -0.4 is 5.32 Å². The third-order valence-electron chi connectivity index (χ3n) is 4.83. The Hall–Kier alpha value is -2.38. The Morgan fingerprint density at radius 3 is 2.44 bits per heavy atom. The van der Waals surface area contributed by atoms with Gasteiger partial charge in [-0.05, 0) is 37.5 Å². The van der Waals surface area contributed by atoms with Gasteiger partial charge in [0.1, 0.15) is 0 Å². The zero-order chi connectivity index (χ0) is 18.2. The van der Waals surface area contributed by atoms with Crippen molar-refractivity contribution >= 4 is 11.7 Å². The Morgan fingerprint density at radius 1 is 1.28 bits per heavy atom. The molecular weight excluding hydrogens is 333 g/mol. The molecule has 5 nitrogen and oxygen atoms in total. The molecule has 0 saturated heterocycles. The van der Waals surface area contributed by atoms with E-state index < -0.39 is 11.7 Å². The summed E-state index contributed by atoms with van der Waals surface area (Å²) in [5.74, 6) is 0.327. The van der Waals surface area contributed by atoms with E-state index in [1.807, 2.05) is 6.92 Å². The Bertz CT molecular complexity index is 776. The molecule has 1 heterocycles. The maximum Gasteiger partial charge on any atom is 0.416 e. The standard InChI is InChI=1S/C17H19F3N4O/c1-11-14(21-15(25)16(2)8-3-9-16)22-23-24(11)10-12-4-6-13(7-5-12)17(18,19)20/h4-7H,3,8-10H2,1-2H3,(H,21,25). The van der Waals surface area contributed by atoms with Gasteiger partial charge in [-0.3, -0.25) is 4.79 Å². The van der Waals surface area contributed by atoms with Crippen molar-refractivity contribution in [2.45, 2.75) is 45.8 Å². The Balaban J connectivity index is 1.70. The van der Waals surface area contributed by atoms with Crippen molar-refractivity contribution in [1.82, 2.24) is 15.0 Å². The van der Waals surface area contributed by atoms with Gasteiger partial charge in [0.25, 0.3) is 0 Å². The van der Waals surface area contributed by atoms with E-state index in [9.17, 15) is 18.0 Å². The predicted molar refractivity (Wildman–Crippen MR) is 85.9 cm³/mol. The van der Waals surface area contributed by atoms with E-state index in [-0.39, 0.29) is 17.9 Å². The van der Waals surface area contributed by atoms with Crippen LogP contribution in [0.3, 0.4) is 0 Å². The Morgan fingerprint density at radius 2 is 1.92 bits per heavy atom. The molecule has 1 aliphatic carbocycles. The first-order valence-corrected chi connectivity index (χ1v) is 8.07. The molecule has 3 rings (SSSR count). The zero-order valence-corrected chi connectivity index (χ0v) is 14.0. The van der Waals surface area contributed by atoms with Crippen molar-refractivity contribution in [2.24, 2.45) is 5.41 Å². The summed E-state index contributed by atoms with van der Waals surface area (Å²) >= 11 is 0. The fourth-order valence-corrected chi connectivity index (χ4v) is 2.79. The SMILES string of the molecule is Cc1c(NC(=O)C2(C)CCC2)nnn1Cc1ccc(C(F)(F)F)cc1. The smallest absolute Gasteiger partial charge is 0.307 e. The van der Waals surface area contributed by atoms with Gasteiger partial charge < -0.3 is 5.32 Å². The van der Waals surface area contributed by atoms with Gasteiger partial charge in [-0.1, -0.05) is 30.7 Å². The summed E-state index contributed by atoms with van der Waals surface area (Å²) in [7, 11) is 0. The van der Waals surface area contributed by atoms with Crippen LogP contribution in [0.25, 0.3) is 0 Å². The van der Waals surface area contributed by atoms with Crippen LogP contribution in [0.2, 0.25) is 0 Å². The minimum absolute atomic E-state index is 0.0663. The molecule has 0 aliphatic heterocycles. The Labute approximate surface area is 143 Å². The number of halogens is 3. The number of carbonyl (C=O) groups excluding carboxylic acids is 1. The first-order chi connectivity index (χ1) is 11.7. The lowest BCUT2D eigenvalue weighted by Crippen LogP contribution is -2.39. The molecule has 0 atom stereocenters. The molecule has 134 valence electrons. The van der Waals surface area contributed by atoms with Crippen LogP contribution in [0.4, 0.5) is 19.0 Å². The van der Waals surface area contributed by atoms with Crippen LogP contribution in [-0.4, -0.2) is 20.9 Å². The van der Waals surface area contributed by atoms with E-state index in [2.05, 4.69) is 15.6 Å². The fourth-order valence-electron chi connectivity index (χ4n) is 2.79. The van der Waals surface area contributed by atoms with E-state index in [4.69, 9.17) is 0 Å². The van der Waals surface area contributed by atoms with Crippen molar-refractivity contribution in [3.05, 3.63) is 41.1 Å². The summed E-state index contributed by atoms with van der Waals surface area (Å²) in [5, 5.41) is 10.8. The summed E-state index contributed by atoms with van der Waals surface area (Å²) in [4.78, 5) is 12.3. The lowest BCUT2D eigenvalue weighted by molar-refractivity contribution is -0.137. The monoisotopic (exact) mass is 352 g/mol. The molecule has 1 amide bonds. The minimum Gasteiger partial charge on any atom is -0.307 e. The topological polar surface area (TPSA) is 59.8 Å². The van der Waals surface area contributed by atoms with Crippen LogP contribution in [0.1, 0.15) is 43.0 Å². The number of hydrogen-bond acceptors (Lipinski definition) is 3. The molecule has 1 saturated carbocycles. The zero-order valence-electron chi connectivity index (χ0n) is 14.0. The molecule has 1 N–H and O–H groups in total. The van der Waals surface area contributed by atoms with Crippen molar-refractivity contribution < 1.29 is 18.0 Å². The molecule has 0 spiro atoms. The fraction of sp³-hybridized carbons (Fsp3) is 0.471. The van der Waals surface area contributed by atoms with Gasteiger partial charge >= 0.3 is 6.18 Å². The number of aromatic nitrogens is 3. The largest absolute Gasteiger partial charge is 0.416 e. The van der Waals surface area contributed by atoms with E-state index in [0.717, 1.165) is 31.4 Å². The third-order valence-corrected chi connectivity index (χ3v) is 4.83. The highest BCUT2D eigenvalue weighted by atomic mass is 19.4. The summed E-state index contributed by atoms with van der Waals surface area (Å²) in [6.07, 6.45) is -1.59. The summed E-state index contributed by atoms with van der Waals surface area (Å²) in [5.41, 5.74) is 0.304. The maximum atomic E-state index is 12.6. The number of hydrogen-bond donors (Lipinski definition) is 1. The molecule has 0 radical (unpaired) electrons. The van der Waals surface area contributed by atoms with Gasteiger partial charge in [0.2, 0.25) is 5.91 Å². The summed E-state index contributed by atoms with van der Waals surface area (Å²) in [6, 6.07) is 4.92. The van der Waals surface area contributed by atoms with Crippen molar-refractivity contribution in [1.29, 1.82) is 0 Å². The van der Waals surface area contributed by atoms with E-state index in [1.54, 1.807) is 11.6 Å². The molecular formula is C17H19F3N4O. The number of anilines is 1. The lowest BCUT2D eigenvalue weighted by Gasteiger charge is -2.36. The summed E-state index contributed by atoms with van der Waals surface area (Å²) < 4.78 is 39.4. The van der Waals surface area contributed by atoms with Crippen LogP contribution in [0.5, 0.6) is 0 Å². The normalized spacial score (nSPS) is 16.4. The van der Waals surface area contributed by atoms with Crippen LogP contribution in [-0.2, 0) is 17.5 Å². The summed E-state index contributed by atoms with van der Waals surface area (Å²) in [6.45, 7) is 3.97. The second-order valence-corrected chi connectivity index (χ2v) is 6.74. The van der Waals surface area contributed by atoms with Gasteiger partial charge in [0, 0.05) is 5.41 Å². The van der Waals surface area contributed by atoms with Crippen LogP contribution in [0.15, 0.2) is 24.3 Å². The first kappa shape index (κ1) is 17.4. The molecule has 1 aliphatic rings.